The summed E-state index contributed by atoms with van der Waals surface area (Å²) in [5.41, 5.74) is -0.686. The summed E-state index contributed by atoms with van der Waals surface area (Å²) in [5.74, 6) is -1.35. The average Bonchev–Trinajstić information content (AvgIpc) is 2.34. The summed E-state index contributed by atoms with van der Waals surface area (Å²) in [7, 11) is 1.72. The molecule has 0 spiro atoms. The molecule has 0 saturated carbocycles. The molecule has 19 heavy (non-hydrogen) atoms. The highest BCUT2D eigenvalue weighted by molar-refractivity contribution is 5.98. The third-order valence-electron chi connectivity index (χ3n) is 2.46. The Kier molecular flexibility index (Phi) is 6.95. The first kappa shape index (κ1) is 17.3. The average molecular weight is 292 g/mol. The van der Waals surface area contributed by atoms with Crippen molar-refractivity contribution in [3.8, 4) is 0 Å². The highest BCUT2D eigenvalue weighted by Crippen LogP contribution is 2.19. The number of amides is 1. The van der Waals surface area contributed by atoms with E-state index >= 15 is 0 Å². The van der Waals surface area contributed by atoms with Gasteiger partial charge in [0, 0.05) is 18.7 Å². The molecule has 0 heterocycles. The Morgan fingerprint density at radius 1 is 1.53 bits per heavy atom. The molecule has 1 rings (SSSR count). The van der Waals surface area contributed by atoms with Crippen molar-refractivity contribution in [2.75, 3.05) is 13.6 Å². The Morgan fingerprint density at radius 2 is 2.16 bits per heavy atom. The quantitative estimate of drug-likeness (QED) is 0.636. The Labute approximate surface area is 115 Å². The number of carbonyl (C=O) groups is 1. The van der Waals surface area contributed by atoms with E-state index in [2.05, 4.69) is 10.6 Å². The second-order valence-electron chi connectivity index (χ2n) is 3.82. The first-order chi connectivity index (χ1) is 8.45. The third kappa shape index (κ3) is 4.80. The third-order valence-corrected chi connectivity index (χ3v) is 2.46. The number of nitrogens with one attached hydrogen (secondary N) is 2. The van der Waals surface area contributed by atoms with Crippen molar-refractivity contribution >= 4 is 24.0 Å². The summed E-state index contributed by atoms with van der Waals surface area (Å²) in [4.78, 5) is 21.7. The molecule has 6 nitrogen and oxygen atoms in total. The zero-order chi connectivity index (χ0) is 13.7. The predicted octanol–water partition coefficient (Wildman–Crippen LogP) is 1.49. The summed E-state index contributed by atoms with van der Waals surface area (Å²) in [6, 6.07) is 2.80. The minimum atomic E-state index is -0.712. The first-order valence-electron chi connectivity index (χ1n) is 5.35. The maximum absolute atomic E-state index is 13.0. The van der Waals surface area contributed by atoms with E-state index in [1.807, 2.05) is 6.92 Å². The molecule has 0 saturated heterocycles. The lowest BCUT2D eigenvalue weighted by Gasteiger charge is -2.11. The van der Waals surface area contributed by atoms with Gasteiger partial charge in [-0.2, -0.15) is 0 Å². The molecule has 0 bridgehead atoms. The lowest BCUT2D eigenvalue weighted by molar-refractivity contribution is -0.385. The van der Waals surface area contributed by atoms with Gasteiger partial charge < -0.3 is 10.6 Å². The van der Waals surface area contributed by atoms with Gasteiger partial charge in [-0.1, -0.05) is 0 Å². The molecule has 0 radical (unpaired) electrons. The predicted molar refractivity (Wildman–Crippen MR) is 71.2 cm³/mol. The van der Waals surface area contributed by atoms with Gasteiger partial charge in [0.1, 0.15) is 11.4 Å². The van der Waals surface area contributed by atoms with Crippen LogP contribution in [0.1, 0.15) is 17.3 Å². The molecule has 8 heteroatoms. The van der Waals surface area contributed by atoms with Crippen LogP contribution in [0.15, 0.2) is 18.2 Å². The molecule has 0 fully saturated rings. The molecule has 1 amide bonds. The largest absolute Gasteiger partial charge is 0.350 e. The SMILES string of the molecule is CNC(C)CNC(=O)c1cc(F)ccc1[N+](=O)[O-].Cl. The number of benzene rings is 1. The molecule has 1 aromatic carbocycles. The van der Waals surface area contributed by atoms with Crippen LogP contribution in [0.3, 0.4) is 0 Å². The summed E-state index contributed by atoms with van der Waals surface area (Å²) in [5, 5.41) is 16.1. The van der Waals surface area contributed by atoms with E-state index in [0.717, 1.165) is 18.2 Å². The van der Waals surface area contributed by atoms with Crippen LogP contribution in [-0.2, 0) is 0 Å². The fraction of sp³-hybridized carbons (Fsp3) is 0.364. The molecule has 0 aliphatic rings. The molecule has 1 unspecified atom stereocenters. The Balaban J connectivity index is 0.00000324. The maximum atomic E-state index is 13.0. The van der Waals surface area contributed by atoms with Gasteiger partial charge in [0.25, 0.3) is 11.6 Å². The smallest absolute Gasteiger partial charge is 0.282 e. The minimum Gasteiger partial charge on any atom is -0.350 e. The molecule has 0 aliphatic carbocycles. The molecule has 2 N–H and O–H groups in total. The normalized spacial score (nSPS) is 11.3. The standard InChI is InChI=1S/C11H14FN3O3.ClH/c1-7(13-2)6-14-11(16)9-5-8(12)3-4-10(9)15(17)18;/h3-5,7,13H,6H2,1-2H3,(H,14,16);1H. The Morgan fingerprint density at radius 3 is 2.68 bits per heavy atom. The number of halogens is 2. The van der Waals surface area contributed by atoms with E-state index in [-0.39, 0.29) is 24.0 Å². The van der Waals surface area contributed by atoms with Gasteiger partial charge in [0.05, 0.1) is 4.92 Å². The summed E-state index contributed by atoms with van der Waals surface area (Å²) in [6.07, 6.45) is 0. The van der Waals surface area contributed by atoms with Crippen molar-refractivity contribution in [1.82, 2.24) is 10.6 Å². The van der Waals surface area contributed by atoms with Crippen molar-refractivity contribution in [3.63, 3.8) is 0 Å². The molecule has 0 aromatic heterocycles. The number of rotatable bonds is 5. The number of nitro groups is 1. The van der Waals surface area contributed by atoms with E-state index in [1.54, 1.807) is 7.05 Å². The second-order valence-corrected chi connectivity index (χ2v) is 3.82. The van der Waals surface area contributed by atoms with Gasteiger partial charge in [0.2, 0.25) is 0 Å². The number of nitro benzene ring substituents is 1. The van der Waals surface area contributed by atoms with Gasteiger partial charge >= 0.3 is 0 Å². The molecule has 1 aromatic rings. The highest BCUT2D eigenvalue weighted by atomic mass is 35.5. The number of nitrogens with zero attached hydrogens (tertiary/aromatic N) is 1. The Bertz CT molecular complexity index is 470. The summed E-state index contributed by atoms with van der Waals surface area (Å²) < 4.78 is 13.0. The Hall–Kier alpha value is -1.73. The molecular formula is C11H15ClFN3O3. The van der Waals surface area contributed by atoms with Gasteiger partial charge in [-0.15, -0.1) is 12.4 Å². The molecule has 0 aliphatic heterocycles. The van der Waals surface area contributed by atoms with Crippen LogP contribution in [0.25, 0.3) is 0 Å². The fourth-order valence-corrected chi connectivity index (χ4v) is 1.29. The van der Waals surface area contributed by atoms with Crippen LogP contribution in [0.2, 0.25) is 0 Å². The number of hydrogen-bond donors (Lipinski definition) is 2. The van der Waals surface area contributed by atoms with Crippen molar-refractivity contribution in [2.24, 2.45) is 0 Å². The highest BCUT2D eigenvalue weighted by Gasteiger charge is 2.20. The molecule has 1 atom stereocenters. The van der Waals surface area contributed by atoms with E-state index in [0.29, 0.717) is 6.54 Å². The lowest BCUT2D eigenvalue weighted by atomic mass is 10.1. The zero-order valence-corrected chi connectivity index (χ0v) is 11.3. The van der Waals surface area contributed by atoms with Crippen molar-refractivity contribution < 1.29 is 14.1 Å². The van der Waals surface area contributed by atoms with Gasteiger partial charge in [-0.25, -0.2) is 4.39 Å². The van der Waals surface area contributed by atoms with Gasteiger partial charge in [0.15, 0.2) is 0 Å². The summed E-state index contributed by atoms with van der Waals surface area (Å²) in [6.45, 7) is 2.13. The number of likely N-dealkylation sites (N-methyl/N-ethyl adjacent to an activating group) is 1. The maximum Gasteiger partial charge on any atom is 0.282 e. The van der Waals surface area contributed by atoms with Crippen LogP contribution in [0.5, 0.6) is 0 Å². The number of hydrogen-bond acceptors (Lipinski definition) is 4. The van der Waals surface area contributed by atoms with Crippen LogP contribution >= 0.6 is 12.4 Å². The van der Waals surface area contributed by atoms with Crippen LogP contribution in [0.4, 0.5) is 10.1 Å². The van der Waals surface area contributed by atoms with E-state index in [4.69, 9.17) is 0 Å². The van der Waals surface area contributed by atoms with Crippen molar-refractivity contribution in [3.05, 3.63) is 39.7 Å². The minimum absolute atomic E-state index is 0. The topological polar surface area (TPSA) is 84.3 Å². The van der Waals surface area contributed by atoms with E-state index in [1.165, 1.54) is 0 Å². The second kappa shape index (κ2) is 7.65. The lowest BCUT2D eigenvalue weighted by Crippen LogP contribution is -2.37. The molecular weight excluding hydrogens is 277 g/mol. The fourth-order valence-electron chi connectivity index (χ4n) is 1.29. The van der Waals surface area contributed by atoms with E-state index in [9.17, 15) is 19.3 Å². The van der Waals surface area contributed by atoms with Crippen LogP contribution in [0, 0.1) is 15.9 Å². The van der Waals surface area contributed by atoms with Crippen LogP contribution in [-0.4, -0.2) is 30.5 Å². The zero-order valence-electron chi connectivity index (χ0n) is 10.5. The number of carbonyl (C=O) groups excluding carboxylic acids is 1. The van der Waals surface area contributed by atoms with Crippen LogP contribution < -0.4 is 10.6 Å². The van der Waals surface area contributed by atoms with Gasteiger partial charge in [-0.05, 0) is 26.1 Å². The van der Waals surface area contributed by atoms with Gasteiger partial charge in [-0.3, -0.25) is 14.9 Å². The molecule has 106 valence electrons. The summed E-state index contributed by atoms with van der Waals surface area (Å²) >= 11 is 0. The van der Waals surface area contributed by atoms with Crippen molar-refractivity contribution in [1.29, 1.82) is 0 Å². The van der Waals surface area contributed by atoms with Crippen molar-refractivity contribution in [2.45, 2.75) is 13.0 Å². The first-order valence-corrected chi connectivity index (χ1v) is 5.35. The van der Waals surface area contributed by atoms with E-state index < -0.39 is 22.3 Å². The monoisotopic (exact) mass is 291 g/mol.